The number of amides is 1. The molecule has 2 aromatic heterocycles. The van der Waals surface area contributed by atoms with Crippen molar-refractivity contribution in [1.29, 1.82) is 0 Å². The van der Waals surface area contributed by atoms with Crippen LogP contribution >= 0.6 is 11.6 Å². The number of carboxylic acid groups (broad SMARTS) is 1. The first-order chi connectivity index (χ1) is 10.1. The van der Waals surface area contributed by atoms with E-state index in [1.807, 2.05) is 44.5 Å². The van der Waals surface area contributed by atoms with Crippen molar-refractivity contribution in [2.75, 3.05) is 0 Å². The number of fused-ring (bicyclic) bond motifs is 1. The maximum absolute atomic E-state index is 11.1. The quantitative estimate of drug-likeness (QED) is 0.843. The number of nitrogens with one attached hydrogen (secondary N) is 1. The van der Waals surface area contributed by atoms with Crippen LogP contribution in [0.5, 0.6) is 0 Å². The smallest absolute Gasteiger partial charge is 0.405 e. The summed E-state index contributed by atoms with van der Waals surface area (Å²) in [5.74, 6) is 0. The van der Waals surface area contributed by atoms with E-state index in [1.54, 1.807) is 0 Å². The summed E-state index contributed by atoms with van der Waals surface area (Å²) in [6, 6.07) is 1.88. The summed E-state index contributed by atoms with van der Waals surface area (Å²) in [6.07, 6.45) is 2.93. The van der Waals surface area contributed by atoms with Crippen LogP contribution in [-0.2, 0) is 6.54 Å². The number of hydrogen-bond donors (Lipinski definition) is 2. The Bertz CT molecular complexity index is 692. The third kappa shape index (κ3) is 3.16. The molecule has 120 valence electrons. The Hall–Kier alpha value is -1.82. The molecule has 0 aliphatic rings. The normalized spacial score (nSPS) is 14.8. The Morgan fingerprint density at radius 2 is 2.05 bits per heavy atom. The first kappa shape index (κ1) is 16.5. The number of rotatable bonds is 4. The molecule has 0 saturated heterocycles. The number of hydrogen-bond acceptors (Lipinski definition) is 3. The van der Waals surface area contributed by atoms with E-state index in [0.29, 0.717) is 18.1 Å². The minimum Gasteiger partial charge on any atom is -0.465 e. The second kappa shape index (κ2) is 5.76. The number of aromatic nitrogens is 3. The first-order valence-corrected chi connectivity index (χ1v) is 7.48. The van der Waals surface area contributed by atoms with Gasteiger partial charge in [0, 0.05) is 18.3 Å². The lowest BCUT2D eigenvalue weighted by Crippen LogP contribution is -2.55. The Morgan fingerprint density at radius 3 is 2.64 bits per heavy atom. The highest BCUT2D eigenvalue weighted by Crippen LogP contribution is 2.34. The molecule has 6 nitrogen and oxygen atoms in total. The van der Waals surface area contributed by atoms with Crippen LogP contribution < -0.4 is 5.32 Å². The van der Waals surface area contributed by atoms with Gasteiger partial charge in [0.25, 0.3) is 0 Å². The topological polar surface area (TPSA) is 80.0 Å². The molecule has 0 aliphatic carbocycles. The Balaban J connectivity index is 2.27. The average molecular weight is 325 g/mol. The average Bonchev–Trinajstić information content (AvgIpc) is 2.79. The van der Waals surface area contributed by atoms with Crippen molar-refractivity contribution in [3.8, 4) is 0 Å². The van der Waals surface area contributed by atoms with Crippen LogP contribution in [0, 0.1) is 5.41 Å². The van der Waals surface area contributed by atoms with E-state index in [0.717, 1.165) is 11.0 Å². The van der Waals surface area contributed by atoms with Gasteiger partial charge in [-0.2, -0.15) is 0 Å². The van der Waals surface area contributed by atoms with E-state index in [-0.39, 0.29) is 5.41 Å². The molecule has 0 aromatic carbocycles. The van der Waals surface area contributed by atoms with Gasteiger partial charge in [0.1, 0.15) is 11.8 Å². The van der Waals surface area contributed by atoms with E-state index in [9.17, 15) is 4.79 Å². The molecule has 0 aliphatic heterocycles. The molecule has 2 rings (SSSR count). The fourth-order valence-corrected chi connectivity index (χ4v) is 2.63. The van der Waals surface area contributed by atoms with Gasteiger partial charge in [-0.25, -0.2) is 14.8 Å². The van der Waals surface area contributed by atoms with Crippen LogP contribution in [0.25, 0.3) is 11.0 Å². The van der Waals surface area contributed by atoms with Crippen molar-refractivity contribution in [3.63, 3.8) is 0 Å². The third-order valence-electron chi connectivity index (χ3n) is 4.40. The van der Waals surface area contributed by atoms with E-state index in [4.69, 9.17) is 16.7 Å². The van der Waals surface area contributed by atoms with Crippen molar-refractivity contribution in [1.82, 2.24) is 19.9 Å². The highest BCUT2D eigenvalue weighted by Gasteiger charge is 2.38. The van der Waals surface area contributed by atoms with E-state index in [2.05, 4.69) is 15.3 Å². The van der Waals surface area contributed by atoms with Gasteiger partial charge in [0.05, 0.1) is 5.52 Å². The summed E-state index contributed by atoms with van der Waals surface area (Å²) in [5.41, 5.74) is 0.756. The largest absolute Gasteiger partial charge is 0.465 e. The zero-order valence-electron chi connectivity index (χ0n) is 13.2. The van der Waals surface area contributed by atoms with Crippen molar-refractivity contribution in [3.05, 3.63) is 23.7 Å². The van der Waals surface area contributed by atoms with Gasteiger partial charge in [-0.15, -0.1) is 0 Å². The van der Waals surface area contributed by atoms with Gasteiger partial charge in [0.15, 0.2) is 5.15 Å². The molecule has 0 spiro atoms. The predicted molar refractivity (Wildman–Crippen MR) is 86.2 cm³/mol. The Labute approximate surface area is 134 Å². The predicted octanol–water partition coefficient (Wildman–Crippen LogP) is 3.55. The second-order valence-corrected chi connectivity index (χ2v) is 7.03. The standard InChI is InChI=1S/C15H21ClN4O2/c1-14(2,3)15(4,19-13(21)22)6-8-20-7-5-10-11(20)12(16)18-9-17-10/h5,7,9,19H,6,8H2,1-4H3,(H,21,22). The number of aryl methyl sites for hydroxylation is 1. The third-order valence-corrected chi connectivity index (χ3v) is 4.67. The summed E-state index contributed by atoms with van der Waals surface area (Å²) in [5, 5.41) is 12.2. The van der Waals surface area contributed by atoms with E-state index < -0.39 is 11.6 Å². The minimum absolute atomic E-state index is 0.228. The zero-order chi connectivity index (χ0) is 16.5. The summed E-state index contributed by atoms with van der Waals surface area (Å²) in [6.45, 7) is 8.60. The highest BCUT2D eigenvalue weighted by molar-refractivity contribution is 6.33. The summed E-state index contributed by atoms with van der Waals surface area (Å²) < 4.78 is 1.96. The van der Waals surface area contributed by atoms with Crippen molar-refractivity contribution < 1.29 is 9.90 Å². The van der Waals surface area contributed by atoms with Gasteiger partial charge in [-0.3, -0.25) is 0 Å². The van der Waals surface area contributed by atoms with Gasteiger partial charge in [-0.1, -0.05) is 32.4 Å². The lowest BCUT2D eigenvalue weighted by atomic mass is 9.73. The van der Waals surface area contributed by atoms with Gasteiger partial charge < -0.3 is 15.0 Å². The van der Waals surface area contributed by atoms with Crippen molar-refractivity contribution in [2.24, 2.45) is 5.41 Å². The molecular formula is C15H21ClN4O2. The van der Waals surface area contributed by atoms with Crippen LogP contribution in [0.3, 0.4) is 0 Å². The summed E-state index contributed by atoms with van der Waals surface area (Å²) in [4.78, 5) is 19.3. The first-order valence-electron chi connectivity index (χ1n) is 7.10. The number of carbonyl (C=O) groups is 1. The molecular weight excluding hydrogens is 304 g/mol. The lowest BCUT2D eigenvalue weighted by Gasteiger charge is -2.42. The van der Waals surface area contributed by atoms with Crippen molar-refractivity contribution in [2.45, 2.75) is 46.2 Å². The molecule has 2 N–H and O–H groups in total. The molecule has 1 amide bonds. The second-order valence-electron chi connectivity index (χ2n) is 6.67. The molecule has 1 atom stereocenters. The SMILES string of the molecule is CC(C)(C)C(C)(CCn1ccc2ncnc(Cl)c21)NC(=O)O. The molecule has 1 unspecified atom stereocenters. The van der Waals surface area contributed by atoms with Crippen LogP contribution in [0.15, 0.2) is 18.6 Å². The van der Waals surface area contributed by atoms with Crippen LogP contribution in [0.2, 0.25) is 5.15 Å². The fraction of sp³-hybridized carbons (Fsp3) is 0.533. The molecule has 22 heavy (non-hydrogen) atoms. The zero-order valence-corrected chi connectivity index (χ0v) is 14.0. The van der Waals surface area contributed by atoms with Gasteiger partial charge >= 0.3 is 6.09 Å². The number of halogens is 1. The Kier molecular flexibility index (Phi) is 4.33. The van der Waals surface area contributed by atoms with Crippen LogP contribution in [0.4, 0.5) is 4.79 Å². The maximum atomic E-state index is 11.1. The van der Waals surface area contributed by atoms with Crippen LogP contribution in [0.1, 0.15) is 34.1 Å². The molecule has 0 saturated carbocycles. The summed E-state index contributed by atoms with van der Waals surface area (Å²) >= 11 is 6.15. The molecule has 7 heteroatoms. The highest BCUT2D eigenvalue weighted by atomic mass is 35.5. The van der Waals surface area contributed by atoms with Gasteiger partial charge in [0.2, 0.25) is 0 Å². The molecule has 0 radical (unpaired) electrons. The maximum Gasteiger partial charge on any atom is 0.405 e. The lowest BCUT2D eigenvalue weighted by molar-refractivity contribution is 0.120. The molecule has 0 bridgehead atoms. The number of nitrogens with zero attached hydrogens (tertiary/aromatic N) is 3. The van der Waals surface area contributed by atoms with E-state index in [1.165, 1.54) is 6.33 Å². The van der Waals surface area contributed by atoms with E-state index >= 15 is 0 Å². The minimum atomic E-state index is -1.02. The molecule has 0 fully saturated rings. The molecule has 2 heterocycles. The van der Waals surface area contributed by atoms with Gasteiger partial charge in [-0.05, 0) is 24.8 Å². The van der Waals surface area contributed by atoms with Crippen molar-refractivity contribution >= 4 is 28.7 Å². The monoisotopic (exact) mass is 324 g/mol. The Morgan fingerprint density at radius 1 is 1.36 bits per heavy atom. The summed E-state index contributed by atoms with van der Waals surface area (Å²) in [7, 11) is 0. The molecule has 2 aromatic rings. The fourth-order valence-electron chi connectivity index (χ4n) is 2.38. The van der Waals surface area contributed by atoms with Crippen LogP contribution in [-0.4, -0.2) is 31.3 Å².